The van der Waals surface area contributed by atoms with Gasteiger partial charge in [-0.25, -0.2) is 0 Å². The van der Waals surface area contributed by atoms with Crippen LogP contribution in [0.25, 0.3) is 0 Å². The van der Waals surface area contributed by atoms with E-state index in [2.05, 4.69) is 34.6 Å². The van der Waals surface area contributed by atoms with Gasteiger partial charge in [-0.3, -0.25) is 19.3 Å². The number of aryl methyl sites for hydroxylation is 1. The van der Waals surface area contributed by atoms with Gasteiger partial charge in [0.05, 0.1) is 24.3 Å². The number of nitrogens with zero attached hydrogens (tertiary/aromatic N) is 3. The summed E-state index contributed by atoms with van der Waals surface area (Å²) in [7, 11) is 0. The molecule has 1 N–H and O–H groups in total. The maximum Gasteiger partial charge on any atom is 0.234 e. The lowest BCUT2D eigenvalue weighted by molar-refractivity contribution is -0.143. The molecule has 1 saturated heterocycles. The van der Waals surface area contributed by atoms with Crippen molar-refractivity contribution in [3.05, 3.63) is 53.1 Å². The Balaban J connectivity index is 1.40. The van der Waals surface area contributed by atoms with Crippen molar-refractivity contribution in [3.8, 4) is 0 Å². The molecule has 1 aromatic carbocycles. The minimum atomic E-state index is -0.635. The Morgan fingerprint density at radius 2 is 1.75 bits per heavy atom. The standard InChI is InChI=1S/C24H26N4O3S/c1-2-6-19-26-27-24(32-19)25-18(29)13-17(14-7-4-3-5-8-14)28-22(30)20-15-9-10-16(12-11-15)21(20)23(28)31/h3-5,7-10,15-17,20-21H,2,6,11-13H2,1H3,(H,25,27,29)/t15-,16-,17-,20-,21+/m0/s1. The topological polar surface area (TPSA) is 92.3 Å². The molecule has 1 aliphatic heterocycles. The van der Waals surface area contributed by atoms with E-state index >= 15 is 0 Å². The van der Waals surface area contributed by atoms with Gasteiger partial charge in [-0.2, -0.15) is 0 Å². The third-order valence-corrected chi connectivity index (χ3v) is 7.74. The van der Waals surface area contributed by atoms with E-state index in [9.17, 15) is 14.4 Å². The summed E-state index contributed by atoms with van der Waals surface area (Å²) in [6.07, 6.45) is 7.88. The van der Waals surface area contributed by atoms with E-state index in [1.807, 2.05) is 30.3 Å². The van der Waals surface area contributed by atoms with Crippen LogP contribution in [0.15, 0.2) is 42.5 Å². The van der Waals surface area contributed by atoms with Gasteiger partial charge >= 0.3 is 0 Å². The summed E-state index contributed by atoms with van der Waals surface area (Å²) >= 11 is 1.36. The van der Waals surface area contributed by atoms with Crippen molar-refractivity contribution in [2.24, 2.45) is 23.7 Å². The summed E-state index contributed by atoms with van der Waals surface area (Å²) in [5, 5.41) is 12.3. The molecule has 4 aliphatic rings. The van der Waals surface area contributed by atoms with E-state index in [0.717, 1.165) is 36.3 Å². The SMILES string of the molecule is CCCc1nnc(NC(=O)C[C@@H](c2ccccc2)N2C(=O)[C@@H]3[C@H](C2=O)[C@H]2C=C[C@H]3CC2)s1. The van der Waals surface area contributed by atoms with Crippen molar-refractivity contribution in [2.75, 3.05) is 5.32 Å². The second kappa shape index (κ2) is 8.58. The van der Waals surface area contributed by atoms with E-state index < -0.39 is 6.04 Å². The molecule has 2 heterocycles. The number of benzene rings is 1. The lowest BCUT2D eigenvalue weighted by Gasteiger charge is -2.38. The van der Waals surface area contributed by atoms with Crippen LogP contribution >= 0.6 is 11.3 Å². The van der Waals surface area contributed by atoms with Crippen LogP contribution in [-0.4, -0.2) is 32.8 Å². The van der Waals surface area contributed by atoms with Gasteiger partial charge in [-0.05, 0) is 36.7 Å². The highest BCUT2D eigenvalue weighted by molar-refractivity contribution is 7.15. The van der Waals surface area contributed by atoms with Gasteiger partial charge in [0, 0.05) is 6.42 Å². The zero-order valence-corrected chi connectivity index (χ0v) is 18.8. The molecule has 2 aromatic rings. The van der Waals surface area contributed by atoms with Gasteiger partial charge in [0.2, 0.25) is 22.9 Å². The number of hydrogen-bond acceptors (Lipinski definition) is 6. The molecule has 0 radical (unpaired) electrons. The quantitative estimate of drug-likeness (QED) is 0.512. The highest BCUT2D eigenvalue weighted by Gasteiger charge is 2.58. The predicted octanol–water partition coefficient (Wildman–Crippen LogP) is 3.76. The van der Waals surface area contributed by atoms with Crippen LogP contribution in [0.1, 0.15) is 49.2 Å². The van der Waals surface area contributed by atoms with Crippen molar-refractivity contribution in [1.29, 1.82) is 0 Å². The summed E-state index contributed by atoms with van der Waals surface area (Å²) in [6.45, 7) is 2.06. The third-order valence-electron chi connectivity index (χ3n) is 6.85. The number of likely N-dealkylation sites (tertiary alicyclic amines) is 1. The first kappa shape index (κ1) is 21.0. The first-order valence-corrected chi connectivity index (χ1v) is 12.1. The molecule has 2 bridgehead atoms. The average Bonchev–Trinajstić information content (AvgIpc) is 3.36. The van der Waals surface area contributed by atoms with Crippen molar-refractivity contribution in [2.45, 2.75) is 45.1 Å². The summed E-state index contributed by atoms with van der Waals surface area (Å²) in [5.41, 5.74) is 0.784. The first-order valence-electron chi connectivity index (χ1n) is 11.3. The van der Waals surface area contributed by atoms with Crippen LogP contribution in [0.2, 0.25) is 0 Å². The molecule has 5 atom stereocenters. The number of carbonyl (C=O) groups is 3. The molecule has 6 rings (SSSR count). The molecule has 2 fully saturated rings. The largest absolute Gasteiger partial charge is 0.300 e. The van der Waals surface area contributed by atoms with E-state index in [0.29, 0.717) is 5.13 Å². The van der Waals surface area contributed by atoms with Gasteiger partial charge in [0.15, 0.2) is 0 Å². The van der Waals surface area contributed by atoms with Crippen LogP contribution in [-0.2, 0) is 20.8 Å². The molecule has 3 aliphatic carbocycles. The molecule has 1 saturated carbocycles. The zero-order chi connectivity index (χ0) is 22.2. The molecule has 7 nitrogen and oxygen atoms in total. The van der Waals surface area contributed by atoms with Gasteiger partial charge < -0.3 is 5.32 Å². The molecule has 0 unspecified atom stereocenters. The number of aromatic nitrogens is 2. The lowest BCUT2D eigenvalue weighted by Crippen LogP contribution is -2.38. The molecular formula is C24H26N4O3S. The number of amides is 3. The lowest BCUT2D eigenvalue weighted by atomic mass is 9.63. The number of fused-ring (bicyclic) bond motifs is 1. The predicted molar refractivity (Wildman–Crippen MR) is 121 cm³/mol. The Kier molecular flexibility index (Phi) is 5.63. The van der Waals surface area contributed by atoms with Gasteiger partial charge in [-0.1, -0.05) is 60.7 Å². The van der Waals surface area contributed by atoms with Gasteiger partial charge in [-0.15, -0.1) is 10.2 Å². The smallest absolute Gasteiger partial charge is 0.234 e. The maximum atomic E-state index is 13.5. The van der Waals surface area contributed by atoms with Crippen molar-refractivity contribution in [3.63, 3.8) is 0 Å². The molecule has 3 amide bonds. The normalized spacial score (nSPS) is 27.0. The number of allylic oxidation sites excluding steroid dienone is 2. The maximum absolute atomic E-state index is 13.5. The highest BCUT2D eigenvalue weighted by Crippen LogP contribution is 2.51. The first-order chi connectivity index (χ1) is 15.6. The third kappa shape index (κ3) is 3.66. The summed E-state index contributed by atoms with van der Waals surface area (Å²) in [6, 6.07) is 8.73. The number of nitrogens with one attached hydrogen (secondary N) is 1. The van der Waals surface area contributed by atoms with E-state index in [1.165, 1.54) is 16.2 Å². The second-order valence-electron chi connectivity index (χ2n) is 8.82. The number of hydrogen-bond donors (Lipinski definition) is 1. The van der Waals surface area contributed by atoms with E-state index in [1.54, 1.807) is 0 Å². The molecule has 166 valence electrons. The minimum Gasteiger partial charge on any atom is -0.300 e. The van der Waals surface area contributed by atoms with Gasteiger partial charge in [0.25, 0.3) is 0 Å². The molecular weight excluding hydrogens is 424 g/mol. The minimum absolute atomic E-state index is 0.00755. The molecule has 0 spiro atoms. The van der Waals surface area contributed by atoms with Gasteiger partial charge in [0.1, 0.15) is 5.01 Å². The highest BCUT2D eigenvalue weighted by atomic mass is 32.1. The summed E-state index contributed by atoms with van der Waals surface area (Å²) in [4.78, 5) is 41.3. The van der Waals surface area contributed by atoms with Crippen molar-refractivity contribution >= 4 is 34.2 Å². The fraction of sp³-hybridized carbons (Fsp3) is 0.458. The Morgan fingerprint density at radius 1 is 1.09 bits per heavy atom. The Hall–Kier alpha value is -2.87. The Morgan fingerprint density at radius 3 is 2.34 bits per heavy atom. The van der Waals surface area contributed by atoms with Crippen LogP contribution in [0.4, 0.5) is 5.13 Å². The Labute approximate surface area is 190 Å². The molecule has 8 heteroatoms. The average molecular weight is 451 g/mol. The number of imide groups is 1. The molecule has 1 aromatic heterocycles. The number of anilines is 1. The van der Waals surface area contributed by atoms with E-state index in [-0.39, 0.29) is 47.8 Å². The second-order valence-corrected chi connectivity index (χ2v) is 9.88. The van der Waals surface area contributed by atoms with E-state index in [4.69, 9.17) is 0 Å². The fourth-order valence-electron chi connectivity index (χ4n) is 5.40. The van der Waals surface area contributed by atoms with Crippen molar-refractivity contribution < 1.29 is 14.4 Å². The summed E-state index contributed by atoms with van der Waals surface area (Å²) < 4.78 is 0. The van der Waals surface area contributed by atoms with Crippen molar-refractivity contribution in [1.82, 2.24) is 15.1 Å². The Bertz CT molecular complexity index is 1030. The van der Waals surface area contributed by atoms with Crippen LogP contribution < -0.4 is 5.32 Å². The fourth-order valence-corrected chi connectivity index (χ4v) is 6.26. The monoisotopic (exact) mass is 450 g/mol. The number of carbonyl (C=O) groups excluding carboxylic acids is 3. The van der Waals surface area contributed by atoms with Crippen LogP contribution in [0.3, 0.4) is 0 Å². The zero-order valence-electron chi connectivity index (χ0n) is 17.9. The molecule has 32 heavy (non-hydrogen) atoms. The number of rotatable bonds is 7. The van der Waals surface area contributed by atoms with Crippen LogP contribution in [0, 0.1) is 23.7 Å². The summed E-state index contributed by atoms with van der Waals surface area (Å²) in [5.74, 6) is -0.899. The van der Waals surface area contributed by atoms with Crippen LogP contribution in [0.5, 0.6) is 0 Å².